The maximum absolute atomic E-state index is 14.6. The Morgan fingerprint density at radius 2 is 2.00 bits per heavy atom. The molecule has 0 aromatic carbocycles. The number of fused-ring (bicyclic) bond motifs is 1. The zero-order valence-electron chi connectivity index (χ0n) is 17.6. The highest BCUT2D eigenvalue weighted by Crippen LogP contribution is 2.24. The predicted molar refractivity (Wildman–Crippen MR) is 108 cm³/mol. The molecular weight excluding hydrogens is 417 g/mol. The van der Waals surface area contributed by atoms with Gasteiger partial charge in [0.2, 0.25) is 5.88 Å². The van der Waals surface area contributed by atoms with Crippen molar-refractivity contribution in [2.75, 3.05) is 26.5 Å². The van der Waals surface area contributed by atoms with Gasteiger partial charge in [0.05, 0.1) is 37.2 Å². The van der Waals surface area contributed by atoms with E-state index in [0.29, 0.717) is 5.52 Å². The molecule has 30 heavy (non-hydrogen) atoms. The zero-order chi connectivity index (χ0) is 22.5. The molecule has 0 aliphatic carbocycles. The van der Waals surface area contributed by atoms with Crippen LogP contribution < -0.4 is 10.1 Å². The third kappa shape index (κ3) is 7.38. The highest BCUT2D eigenvalue weighted by atomic mass is 32.2. The SMILES string of the molecule is COc1ccc2ncc(F)c(CC(CNC(=O)OC(C)(C)C)COS(C)(=O)=O)c2n1. The highest BCUT2D eigenvalue weighted by molar-refractivity contribution is 7.85. The van der Waals surface area contributed by atoms with Gasteiger partial charge in [0.1, 0.15) is 11.4 Å². The maximum atomic E-state index is 14.6. The van der Waals surface area contributed by atoms with E-state index in [1.807, 2.05) is 0 Å². The van der Waals surface area contributed by atoms with Gasteiger partial charge in [0.15, 0.2) is 0 Å². The highest BCUT2D eigenvalue weighted by Gasteiger charge is 2.22. The molecule has 11 heteroatoms. The van der Waals surface area contributed by atoms with Crippen molar-refractivity contribution < 1.29 is 31.3 Å². The van der Waals surface area contributed by atoms with E-state index in [0.717, 1.165) is 12.5 Å². The fourth-order valence-corrected chi connectivity index (χ4v) is 3.07. The molecule has 0 aliphatic heterocycles. The quantitative estimate of drug-likeness (QED) is 0.619. The summed E-state index contributed by atoms with van der Waals surface area (Å²) in [4.78, 5) is 20.3. The Morgan fingerprint density at radius 3 is 2.60 bits per heavy atom. The molecule has 1 amide bonds. The van der Waals surface area contributed by atoms with E-state index < -0.39 is 33.5 Å². The number of halogens is 1. The van der Waals surface area contributed by atoms with Gasteiger partial charge in [0, 0.05) is 24.1 Å². The van der Waals surface area contributed by atoms with Crippen LogP contribution in [0.3, 0.4) is 0 Å². The molecule has 2 aromatic heterocycles. The molecule has 166 valence electrons. The number of rotatable bonds is 8. The van der Waals surface area contributed by atoms with Gasteiger partial charge >= 0.3 is 6.09 Å². The van der Waals surface area contributed by atoms with E-state index in [1.54, 1.807) is 32.9 Å². The van der Waals surface area contributed by atoms with Crippen LogP contribution in [0.25, 0.3) is 11.0 Å². The van der Waals surface area contributed by atoms with Gasteiger partial charge in [0.25, 0.3) is 10.1 Å². The Morgan fingerprint density at radius 1 is 1.30 bits per heavy atom. The Bertz CT molecular complexity index is 1010. The van der Waals surface area contributed by atoms with Gasteiger partial charge in [-0.2, -0.15) is 8.42 Å². The van der Waals surface area contributed by atoms with Crippen LogP contribution in [0.2, 0.25) is 0 Å². The van der Waals surface area contributed by atoms with Crippen molar-refractivity contribution >= 4 is 27.2 Å². The Kier molecular flexibility index (Phi) is 7.54. The molecule has 1 unspecified atom stereocenters. The van der Waals surface area contributed by atoms with Crippen molar-refractivity contribution in [2.45, 2.75) is 32.8 Å². The molecule has 0 bridgehead atoms. The number of nitrogens with zero attached hydrogens (tertiary/aromatic N) is 2. The number of methoxy groups -OCH3 is 1. The second-order valence-electron chi connectivity index (χ2n) is 7.75. The Labute approximate surface area is 175 Å². The standard InChI is InChI=1S/C19H26FN3O6S/c1-19(2,3)29-18(24)22-9-12(11-28-30(5,25)26)8-13-14(20)10-21-15-6-7-16(27-4)23-17(13)15/h6-7,10,12H,8-9,11H2,1-5H3,(H,22,24). The molecule has 9 nitrogen and oxygen atoms in total. The van der Waals surface area contributed by atoms with Gasteiger partial charge in [-0.25, -0.2) is 14.2 Å². The number of hydrogen-bond donors (Lipinski definition) is 1. The van der Waals surface area contributed by atoms with Gasteiger partial charge < -0.3 is 14.8 Å². The maximum Gasteiger partial charge on any atom is 0.407 e. The minimum absolute atomic E-state index is 0.00232. The number of carbonyl (C=O) groups is 1. The Hall–Kier alpha value is -2.53. The summed E-state index contributed by atoms with van der Waals surface area (Å²) in [6.45, 7) is 4.89. The van der Waals surface area contributed by atoms with Crippen molar-refractivity contribution in [1.29, 1.82) is 0 Å². The summed E-state index contributed by atoms with van der Waals surface area (Å²) in [6.07, 6.45) is 1.35. The van der Waals surface area contributed by atoms with Gasteiger partial charge in [-0.1, -0.05) is 0 Å². The van der Waals surface area contributed by atoms with Crippen LogP contribution in [0.4, 0.5) is 9.18 Å². The van der Waals surface area contributed by atoms with E-state index >= 15 is 0 Å². The van der Waals surface area contributed by atoms with Crippen LogP contribution in [0.5, 0.6) is 5.88 Å². The van der Waals surface area contributed by atoms with E-state index in [9.17, 15) is 17.6 Å². The predicted octanol–water partition coefficient (Wildman–Crippen LogP) is 2.44. The largest absolute Gasteiger partial charge is 0.481 e. The van der Waals surface area contributed by atoms with Crippen LogP contribution >= 0.6 is 0 Å². The summed E-state index contributed by atoms with van der Waals surface area (Å²) in [5, 5.41) is 2.57. The first-order valence-corrected chi connectivity index (χ1v) is 11.0. The lowest BCUT2D eigenvalue weighted by atomic mass is 9.99. The number of nitrogens with one attached hydrogen (secondary N) is 1. The van der Waals surface area contributed by atoms with E-state index in [1.165, 1.54) is 7.11 Å². The molecule has 1 atom stereocenters. The van der Waals surface area contributed by atoms with Gasteiger partial charge in [-0.15, -0.1) is 0 Å². The van der Waals surface area contributed by atoms with Gasteiger partial charge in [-0.3, -0.25) is 9.17 Å². The fraction of sp³-hybridized carbons (Fsp3) is 0.526. The van der Waals surface area contributed by atoms with Crippen LogP contribution in [0.1, 0.15) is 26.3 Å². The molecule has 2 rings (SSSR count). The third-order valence-corrected chi connectivity index (χ3v) is 4.46. The monoisotopic (exact) mass is 443 g/mol. The number of carbonyl (C=O) groups excluding carboxylic acids is 1. The molecule has 0 spiro atoms. The average Bonchev–Trinajstić information content (AvgIpc) is 2.63. The normalized spacial score (nSPS) is 13.1. The zero-order valence-corrected chi connectivity index (χ0v) is 18.4. The molecule has 1 N–H and O–H groups in total. The summed E-state index contributed by atoms with van der Waals surface area (Å²) < 4.78 is 52.6. The van der Waals surface area contributed by atoms with Crippen LogP contribution in [0, 0.1) is 11.7 Å². The fourth-order valence-electron chi connectivity index (χ4n) is 2.63. The van der Waals surface area contributed by atoms with Crippen molar-refractivity contribution in [3.63, 3.8) is 0 Å². The molecular formula is C19H26FN3O6S. The lowest BCUT2D eigenvalue weighted by molar-refractivity contribution is 0.0514. The minimum Gasteiger partial charge on any atom is -0.481 e. The first kappa shape index (κ1) is 23.7. The van der Waals surface area contributed by atoms with Crippen molar-refractivity contribution in [2.24, 2.45) is 5.92 Å². The van der Waals surface area contributed by atoms with E-state index in [4.69, 9.17) is 13.7 Å². The molecule has 2 aromatic rings. The van der Waals surface area contributed by atoms with Crippen molar-refractivity contribution in [3.05, 3.63) is 29.7 Å². The summed E-state index contributed by atoms with van der Waals surface area (Å²) in [5.74, 6) is -0.905. The number of pyridine rings is 2. The number of alkyl carbamates (subject to hydrolysis) is 1. The van der Waals surface area contributed by atoms with Crippen molar-refractivity contribution in [3.8, 4) is 5.88 Å². The summed E-state index contributed by atoms with van der Waals surface area (Å²) in [7, 11) is -2.29. The Balaban J connectivity index is 2.28. The number of aromatic nitrogens is 2. The first-order valence-electron chi connectivity index (χ1n) is 9.17. The molecule has 2 heterocycles. The van der Waals surface area contributed by atoms with Crippen LogP contribution in [0.15, 0.2) is 18.3 Å². The van der Waals surface area contributed by atoms with Crippen molar-refractivity contribution in [1.82, 2.24) is 15.3 Å². The average molecular weight is 443 g/mol. The molecule has 0 radical (unpaired) electrons. The molecule has 0 saturated carbocycles. The van der Waals surface area contributed by atoms with Crippen LogP contribution in [-0.2, 0) is 25.5 Å². The smallest absolute Gasteiger partial charge is 0.407 e. The number of hydrogen-bond acceptors (Lipinski definition) is 8. The second kappa shape index (κ2) is 9.52. The number of amides is 1. The topological polar surface area (TPSA) is 117 Å². The minimum atomic E-state index is -3.73. The summed E-state index contributed by atoms with van der Waals surface area (Å²) in [5.41, 5.74) is 0.259. The first-order chi connectivity index (χ1) is 13.9. The third-order valence-electron chi connectivity index (χ3n) is 3.89. The lowest BCUT2D eigenvalue weighted by Crippen LogP contribution is -2.37. The lowest BCUT2D eigenvalue weighted by Gasteiger charge is -2.22. The van der Waals surface area contributed by atoms with Gasteiger partial charge in [-0.05, 0) is 33.3 Å². The van der Waals surface area contributed by atoms with E-state index in [-0.39, 0.29) is 36.5 Å². The number of ether oxygens (including phenoxy) is 2. The molecule has 0 aliphatic rings. The summed E-state index contributed by atoms with van der Waals surface area (Å²) in [6, 6.07) is 3.25. The van der Waals surface area contributed by atoms with Crippen LogP contribution in [-0.4, -0.2) is 56.6 Å². The van der Waals surface area contributed by atoms with E-state index in [2.05, 4.69) is 15.3 Å². The molecule has 0 fully saturated rings. The summed E-state index contributed by atoms with van der Waals surface area (Å²) >= 11 is 0. The second-order valence-corrected chi connectivity index (χ2v) is 9.39. The molecule has 0 saturated heterocycles.